The van der Waals surface area contributed by atoms with Crippen molar-refractivity contribution >= 4 is 5.97 Å². The van der Waals surface area contributed by atoms with Gasteiger partial charge in [0.05, 0.1) is 18.4 Å². The van der Waals surface area contributed by atoms with E-state index in [-0.39, 0.29) is 24.2 Å². The molecule has 0 amide bonds. The van der Waals surface area contributed by atoms with Crippen molar-refractivity contribution in [2.45, 2.75) is 77.7 Å². The van der Waals surface area contributed by atoms with E-state index in [0.717, 1.165) is 50.8 Å². The van der Waals surface area contributed by atoms with Crippen molar-refractivity contribution in [2.24, 2.45) is 0 Å². The number of aryl methyl sites for hydroxylation is 3. The van der Waals surface area contributed by atoms with Crippen molar-refractivity contribution in [3.63, 3.8) is 0 Å². The van der Waals surface area contributed by atoms with Gasteiger partial charge in [0.2, 0.25) is 5.88 Å². The van der Waals surface area contributed by atoms with Crippen LogP contribution in [0.1, 0.15) is 68.3 Å². The summed E-state index contributed by atoms with van der Waals surface area (Å²) in [6.07, 6.45) is 7.52. The van der Waals surface area contributed by atoms with Crippen LogP contribution < -0.4 is 4.74 Å². The standard InChI is InChI=1S/C27H37NO5/c1-3-7-20-9-11-21(12-10-20)13-15-24-23(14-16-27(30)31-4-2)25(29)18-26(28-24)33-19-22-8-5-6-17-32-22/h9-12,18,22H,3-8,13-17,19H2,1-2H3,(H,28,29). The third-order valence-electron chi connectivity index (χ3n) is 5.95. The minimum atomic E-state index is -0.274. The highest BCUT2D eigenvalue weighted by atomic mass is 16.5. The zero-order valence-corrected chi connectivity index (χ0v) is 20.0. The fourth-order valence-electron chi connectivity index (χ4n) is 4.14. The molecule has 33 heavy (non-hydrogen) atoms. The van der Waals surface area contributed by atoms with Gasteiger partial charge in [-0.2, -0.15) is 0 Å². The Bertz CT molecular complexity index is 875. The fraction of sp³-hybridized carbons (Fsp3) is 0.556. The SMILES string of the molecule is CCCc1ccc(CCc2nc(OCC3CCCCO3)cc(O)c2CCC(=O)OCC)cc1. The molecule has 0 aliphatic carbocycles. The van der Waals surface area contributed by atoms with E-state index in [1.54, 1.807) is 13.0 Å². The Balaban J connectivity index is 1.71. The molecule has 1 unspecified atom stereocenters. The Morgan fingerprint density at radius 3 is 2.52 bits per heavy atom. The van der Waals surface area contributed by atoms with Crippen molar-refractivity contribution < 1.29 is 24.1 Å². The van der Waals surface area contributed by atoms with Crippen molar-refractivity contribution in [3.8, 4) is 11.6 Å². The number of esters is 1. The van der Waals surface area contributed by atoms with Gasteiger partial charge in [-0.25, -0.2) is 4.98 Å². The molecule has 0 spiro atoms. The lowest BCUT2D eigenvalue weighted by Crippen LogP contribution is -2.26. The number of aromatic hydroxyl groups is 1. The molecule has 2 heterocycles. The maximum absolute atomic E-state index is 11.9. The predicted molar refractivity (Wildman–Crippen MR) is 128 cm³/mol. The first-order valence-electron chi connectivity index (χ1n) is 12.3. The smallest absolute Gasteiger partial charge is 0.306 e. The van der Waals surface area contributed by atoms with E-state index in [2.05, 4.69) is 31.2 Å². The molecule has 2 aromatic rings. The van der Waals surface area contributed by atoms with Crippen molar-refractivity contribution in [2.75, 3.05) is 19.8 Å². The number of hydrogen-bond acceptors (Lipinski definition) is 6. The maximum atomic E-state index is 11.9. The molecule has 1 aromatic carbocycles. The Hall–Kier alpha value is -2.60. The van der Waals surface area contributed by atoms with E-state index in [9.17, 15) is 9.90 Å². The third-order valence-corrected chi connectivity index (χ3v) is 5.95. The maximum Gasteiger partial charge on any atom is 0.306 e. The molecule has 1 aliphatic rings. The monoisotopic (exact) mass is 455 g/mol. The lowest BCUT2D eigenvalue weighted by atomic mass is 9.99. The molecule has 1 aliphatic heterocycles. The fourth-order valence-corrected chi connectivity index (χ4v) is 4.14. The summed E-state index contributed by atoms with van der Waals surface area (Å²) < 4.78 is 16.7. The average molecular weight is 456 g/mol. The van der Waals surface area contributed by atoms with E-state index >= 15 is 0 Å². The van der Waals surface area contributed by atoms with Crippen LogP contribution in [0.15, 0.2) is 30.3 Å². The van der Waals surface area contributed by atoms with Gasteiger partial charge in [0.25, 0.3) is 0 Å². The quantitative estimate of drug-likeness (QED) is 0.456. The first kappa shape index (κ1) is 25.0. The Morgan fingerprint density at radius 2 is 1.85 bits per heavy atom. The van der Waals surface area contributed by atoms with Crippen LogP contribution in [-0.2, 0) is 40.0 Å². The number of benzene rings is 1. The molecule has 180 valence electrons. The van der Waals surface area contributed by atoms with Crippen LogP contribution in [0, 0.1) is 0 Å². The van der Waals surface area contributed by atoms with Gasteiger partial charge in [-0.05, 0) is 63.0 Å². The van der Waals surface area contributed by atoms with E-state index < -0.39 is 0 Å². The number of carbonyl (C=O) groups is 1. The summed E-state index contributed by atoms with van der Waals surface area (Å²) in [4.78, 5) is 16.6. The number of aromatic nitrogens is 1. The average Bonchev–Trinajstić information content (AvgIpc) is 2.82. The minimum Gasteiger partial charge on any atom is -0.507 e. The predicted octanol–water partition coefficient (Wildman–Crippen LogP) is 4.97. The number of rotatable bonds is 12. The summed E-state index contributed by atoms with van der Waals surface area (Å²) in [5, 5.41) is 10.7. The summed E-state index contributed by atoms with van der Waals surface area (Å²) in [7, 11) is 0. The Morgan fingerprint density at radius 1 is 1.09 bits per heavy atom. The normalized spacial score (nSPS) is 15.9. The number of hydrogen-bond donors (Lipinski definition) is 1. The van der Waals surface area contributed by atoms with Crippen LogP contribution in [0.3, 0.4) is 0 Å². The molecule has 1 N–H and O–H groups in total. The highest BCUT2D eigenvalue weighted by molar-refractivity contribution is 5.70. The summed E-state index contributed by atoms with van der Waals surface area (Å²) in [6, 6.07) is 10.2. The molecule has 1 atom stereocenters. The second-order valence-corrected chi connectivity index (χ2v) is 8.58. The third kappa shape index (κ3) is 8.04. The van der Waals surface area contributed by atoms with Crippen LogP contribution in [0.5, 0.6) is 11.6 Å². The van der Waals surface area contributed by atoms with Crippen molar-refractivity contribution in [3.05, 3.63) is 52.7 Å². The van der Waals surface area contributed by atoms with E-state index in [1.807, 2.05) is 0 Å². The lowest BCUT2D eigenvalue weighted by Gasteiger charge is -2.22. The van der Waals surface area contributed by atoms with Gasteiger partial charge in [0.15, 0.2) is 0 Å². The molecule has 6 nitrogen and oxygen atoms in total. The molecule has 6 heteroatoms. The summed E-state index contributed by atoms with van der Waals surface area (Å²) in [6.45, 7) is 5.50. The second-order valence-electron chi connectivity index (χ2n) is 8.58. The zero-order valence-electron chi connectivity index (χ0n) is 20.0. The molecular weight excluding hydrogens is 418 g/mol. The highest BCUT2D eigenvalue weighted by Gasteiger charge is 2.18. The van der Waals surface area contributed by atoms with E-state index in [1.165, 1.54) is 11.1 Å². The summed E-state index contributed by atoms with van der Waals surface area (Å²) in [5.74, 6) is 0.237. The lowest BCUT2D eigenvalue weighted by molar-refractivity contribution is -0.143. The van der Waals surface area contributed by atoms with Gasteiger partial charge >= 0.3 is 5.97 Å². The minimum absolute atomic E-state index is 0.0660. The summed E-state index contributed by atoms with van der Waals surface area (Å²) in [5.41, 5.74) is 4.00. The highest BCUT2D eigenvalue weighted by Crippen LogP contribution is 2.28. The molecule has 1 saturated heterocycles. The van der Waals surface area contributed by atoms with Crippen molar-refractivity contribution in [1.29, 1.82) is 0 Å². The Labute approximate surface area is 197 Å². The number of pyridine rings is 1. The molecular formula is C27H37NO5. The number of carbonyl (C=O) groups excluding carboxylic acids is 1. The topological polar surface area (TPSA) is 77.9 Å². The second kappa shape index (κ2) is 13.2. The van der Waals surface area contributed by atoms with Gasteiger partial charge in [0, 0.05) is 24.7 Å². The van der Waals surface area contributed by atoms with Crippen LogP contribution in [0.2, 0.25) is 0 Å². The van der Waals surface area contributed by atoms with Crippen LogP contribution >= 0.6 is 0 Å². The van der Waals surface area contributed by atoms with Gasteiger partial charge < -0.3 is 19.3 Å². The number of ether oxygens (including phenoxy) is 3. The summed E-state index contributed by atoms with van der Waals surface area (Å²) >= 11 is 0. The molecule has 1 aromatic heterocycles. The molecule has 1 fully saturated rings. The molecule has 0 saturated carbocycles. The van der Waals surface area contributed by atoms with Gasteiger partial charge in [-0.3, -0.25) is 4.79 Å². The molecule has 3 rings (SSSR count). The van der Waals surface area contributed by atoms with E-state index in [4.69, 9.17) is 19.2 Å². The first-order chi connectivity index (χ1) is 16.1. The first-order valence-corrected chi connectivity index (χ1v) is 12.3. The number of nitrogens with zero attached hydrogens (tertiary/aromatic N) is 1. The molecule has 0 radical (unpaired) electrons. The van der Waals surface area contributed by atoms with Gasteiger partial charge in [-0.1, -0.05) is 37.6 Å². The van der Waals surface area contributed by atoms with Crippen LogP contribution in [0.4, 0.5) is 0 Å². The Kier molecular flexibility index (Phi) is 10.0. The van der Waals surface area contributed by atoms with E-state index in [0.29, 0.717) is 37.5 Å². The van der Waals surface area contributed by atoms with Gasteiger partial charge in [0.1, 0.15) is 12.4 Å². The van der Waals surface area contributed by atoms with Crippen LogP contribution in [0.25, 0.3) is 0 Å². The van der Waals surface area contributed by atoms with Crippen LogP contribution in [-0.4, -0.2) is 42.0 Å². The largest absolute Gasteiger partial charge is 0.507 e. The molecule has 0 bridgehead atoms. The van der Waals surface area contributed by atoms with Crippen molar-refractivity contribution in [1.82, 2.24) is 4.98 Å². The van der Waals surface area contributed by atoms with Gasteiger partial charge in [-0.15, -0.1) is 0 Å². The zero-order chi connectivity index (χ0) is 23.5.